The summed E-state index contributed by atoms with van der Waals surface area (Å²) in [5.74, 6) is 1.44. The summed E-state index contributed by atoms with van der Waals surface area (Å²) >= 11 is 0. The average molecular weight is 353 g/mol. The van der Waals surface area contributed by atoms with Crippen LogP contribution in [-0.4, -0.2) is 16.2 Å². The zero-order chi connectivity index (χ0) is 18.3. The van der Waals surface area contributed by atoms with E-state index in [0.717, 1.165) is 27.5 Å². The molecule has 3 aromatic rings. The first-order valence-electron chi connectivity index (χ1n) is 8.59. The summed E-state index contributed by atoms with van der Waals surface area (Å²) < 4.78 is 6.98. The van der Waals surface area contributed by atoms with Gasteiger partial charge in [0.2, 0.25) is 0 Å². The molecule has 0 spiro atoms. The van der Waals surface area contributed by atoms with Gasteiger partial charge in [-0.15, -0.1) is 0 Å². The Morgan fingerprint density at radius 2 is 2.04 bits per heavy atom. The van der Waals surface area contributed by atoms with Crippen LogP contribution in [-0.2, 0) is 13.1 Å². The first kappa shape index (κ1) is 16.4. The molecule has 4 rings (SSSR count). The highest BCUT2D eigenvalue weighted by Gasteiger charge is 2.27. The minimum absolute atomic E-state index is 0.337. The second kappa shape index (κ2) is 6.34. The largest absolute Gasteiger partial charge is 0.463 e. The van der Waals surface area contributed by atoms with Gasteiger partial charge in [-0.2, -0.15) is 0 Å². The van der Waals surface area contributed by atoms with Crippen LogP contribution in [0.15, 0.2) is 50.6 Å². The Morgan fingerprint density at radius 3 is 2.81 bits per heavy atom. The van der Waals surface area contributed by atoms with Gasteiger partial charge in [0.25, 0.3) is 5.56 Å². The standard InChI is InChI=1S/C19H20N4O3/c1-12-5-3-7-16(13(12)2)23-17-15(18(24)21-19(23)25)10-22(11-20-17)9-14-6-4-8-26-14/h3-8,20H,9-11H2,1-2H3,(H,21,24,25)/p+1. The molecule has 0 saturated heterocycles. The molecule has 0 aliphatic carbocycles. The molecule has 1 aliphatic rings. The van der Waals surface area contributed by atoms with Crippen molar-refractivity contribution >= 4 is 5.82 Å². The molecular formula is C19H21N4O3+. The van der Waals surface area contributed by atoms with Crippen LogP contribution in [0.1, 0.15) is 22.5 Å². The maximum absolute atomic E-state index is 12.6. The van der Waals surface area contributed by atoms with Gasteiger partial charge in [0.05, 0.1) is 12.0 Å². The second-order valence-electron chi connectivity index (χ2n) is 6.68. The Hall–Kier alpha value is -3.06. The number of rotatable bonds is 3. The number of aryl methyl sites for hydroxylation is 1. The lowest BCUT2D eigenvalue weighted by Crippen LogP contribution is -3.11. The zero-order valence-corrected chi connectivity index (χ0v) is 14.8. The van der Waals surface area contributed by atoms with E-state index >= 15 is 0 Å². The van der Waals surface area contributed by atoms with Crippen molar-refractivity contribution in [1.29, 1.82) is 0 Å². The van der Waals surface area contributed by atoms with Crippen LogP contribution in [0.4, 0.5) is 5.82 Å². The highest BCUT2D eigenvalue weighted by molar-refractivity contribution is 5.54. The third-order valence-electron chi connectivity index (χ3n) is 4.96. The normalized spacial score (nSPS) is 16.2. The number of fused-ring (bicyclic) bond motifs is 1. The summed E-state index contributed by atoms with van der Waals surface area (Å²) in [6, 6.07) is 9.59. The van der Waals surface area contributed by atoms with Gasteiger partial charge < -0.3 is 14.6 Å². The number of nitrogens with one attached hydrogen (secondary N) is 3. The number of anilines is 1. The van der Waals surface area contributed by atoms with Crippen molar-refractivity contribution in [3.05, 3.63) is 79.9 Å². The van der Waals surface area contributed by atoms with Crippen molar-refractivity contribution in [3.8, 4) is 5.69 Å². The van der Waals surface area contributed by atoms with Crippen molar-refractivity contribution in [1.82, 2.24) is 9.55 Å². The molecule has 7 nitrogen and oxygen atoms in total. The van der Waals surface area contributed by atoms with Gasteiger partial charge in [-0.1, -0.05) is 12.1 Å². The minimum atomic E-state index is -0.426. The highest BCUT2D eigenvalue weighted by atomic mass is 16.3. The Morgan fingerprint density at radius 1 is 1.19 bits per heavy atom. The number of hydrogen-bond acceptors (Lipinski definition) is 4. The Kier molecular flexibility index (Phi) is 4.00. The molecule has 1 aliphatic heterocycles. The van der Waals surface area contributed by atoms with E-state index in [4.69, 9.17) is 4.42 Å². The Bertz CT molecular complexity index is 1060. The van der Waals surface area contributed by atoms with Gasteiger partial charge in [0.1, 0.15) is 24.5 Å². The molecule has 0 radical (unpaired) electrons. The molecule has 0 bridgehead atoms. The van der Waals surface area contributed by atoms with Crippen LogP contribution in [0.3, 0.4) is 0 Å². The Balaban J connectivity index is 1.79. The predicted molar refractivity (Wildman–Crippen MR) is 97.7 cm³/mol. The van der Waals surface area contributed by atoms with Crippen LogP contribution in [0.2, 0.25) is 0 Å². The smallest absolute Gasteiger partial charge is 0.334 e. The van der Waals surface area contributed by atoms with Crippen molar-refractivity contribution in [3.63, 3.8) is 0 Å². The number of aromatic amines is 1. The van der Waals surface area contributed by atoms with Gasteiger partial charge in [0.15, 0.2) is 12.4 Å². The zero-order valence-electron chi connectivity index (χ0n) is 14.8. The molecule has 0 saturated carbocycles. The number of furan rings is 1. The quantitative estimate of drug-likeness (QED) is 0.647. The van der Waals surface area contributed by atoms with Crippen LogP contribution in [0.5, 0.6) is 0 Å². The summed E-state index contributed by atoms with van der Waals surface area (Å²) in [6.45, 7) is 5.77. The lowest BCUT2D eigenvalue weighted by molar-refractivity contribution is -0.926. The molecule has 1 atom stereocenters. The number of nitrogens with zero attached hydrogens (tertiary/aromatic N) is 1. The third-order valence-corrected chi connectivity index (χ3v) is 4.96. The van der Waals surface area contributed by atoms with Crippen LogP contribution >= 0.6 is 0 Å². The monoisotopic (exact) mass is 353 g/mol. The van der Waals surface area contributed by atoms with Crippen molar-refractivity contribution in [2.45, 2.75) is 26.9 Å². The number of hydrogen-bond donors (Lipinski definition) is 3. The summed E-state index contributed by atoms with van der Waals surface area (Å²) in [5, 5.41) is 3.28. The maximum atomic E-state index is 12.6. The molecule has 2 aromatic heterocycles. The van der Waals surface area contributed by atoms with Crippen molar-refractivity contribution < 1.29 is 9.32 Å². The van der Waals surface area contributed by atoms with Gasteiger partial charge in [-0.3, -0.25) is 9.78 Å². The average Bonchev–Trinajstić information content (AvgIpc) is 3.12. The topological polar surface area (TPSA) is 84.5 Å². The molecule has 0 fully saturated rings. The molecule has 3 N–H and O–H groups in total. The van der Waals surface area contributed by atoms with Gasteiger partial charge in [-0.05, 0) is 43.2 Å². The molecule has 3 heterocycles. The first-order chi connectivity index (χ1) is 12.5. The molecule has 0 amide bonds. The van der Waals surface area contributed by atoms with E-state index in [0.29, 0.717) is 31.1 Å². The van der Waals surface area contributed by atoms with E-state index in [1.165, 1.54) is 0 Å². The van der Waals surface area contributed by atoms with Gasteiger partial charge >= 0.3 is 5.69 Å². The SMILES string of the molecule is Cc1cccc(-n2c3c(c(=O)[nH]c2=O)C[NH+](Cc2ccco2)CN3)c1C. The number of quaternary nitrogens is 1. The molecule has 134 valence electrons. The number of aromatic nitrogens is 2. The van der Waals surface area contributed by atoms with E-state index in [2.05, 4.69) is 10.3 Å². The van der Waals surface area contributed by atoms with E-state index in [-0.39, 0.29) is 5.56 Å². The lowest BCUT2D eigenvalue weighted by atomic mass is 10.1. The van der Waals surface area contributed by atoms with Crippen LogP contribution in [0.25, 0.3) is 5.69 Å². The lowest BCUT2D eigenvalue weighted by Gasteiger charge is -2.28. The van der Waals surface area contributed by atoms with E-state index in [1.807, 2.05) is 44.2 Å². The summed E-state index contributed by atoms with van der Waals surface area (Å²) in [5.41, 5.74) is 2.70. The Labute approximate surface area is 149 Å². The van der Waals surface area contributed by atoms with Crippen LogP contribution in [0, 0.1) is 13.8 Å². The first-order valence-corrected chi connectivity index (χ1v) is 8.59. The highest BCUT2D eigenvalue weighted by Crippen LogP contribution is 2.21. The fraction of sp³-hybridized carbons (Fsp3) is 0.263. The van der Waals surface area contributed by atoms with E-state index < -0.39 is 5.69 Å². The molecule has 26 heavy (non-hydrogen) atoms. The second-order valence-corrected chi connectivity index (χ2v) is 6.68. The van der Waals surface area contributed by atoms with Gasteiger partial charge in [-0.25, -0.2) is 9.36 Å². The number of H-pyrrole nitrogens is 1. The van der Waals surface area contributed by atoms with Crippen molar-refractivity contribution in [2.75, 3.05) is 12.0 Å². The van der Waals surface area contributed by atoms with E-state index in [9.17, 15) is 9.59 Å². The summed E-state index contributed by atoms with van der Waals surface area (Å²) in [6.07, 6.45) is 1.64. The molecular weight excluding hydrogens is 332 g/mol. The summed E-state index contributed by atoms with van der Waals surface area (Å²) in [7, 11) is 0. The predicted octanol–water partition coefficient (Wildman–Crippen LogP) is 0.704. The third kappa shape index (κ3) is 2.76. The number of benzene rings is 1. The molecule has 1 unspecified atom stereocenters. The van der Waals surface area contributed by atoms with Gasteiger partial charge in [0, 0.05) is 0 Å². The summed E-state index contributed by atoms with van der Waals surface area (Å²) in [4.78, 5) is 28.6. The molecule has 7 heteroatoms. The molecule has 1 aromatic carbocycles. The fourth-order valence-corrected chi connectivity index (χ4v) is 3.44. The van der Waals surface area contributed by atoms with Crippen molar-refractivity contribution in [2.24, 2.45) is 0 Å². The maximum Gasteiger partial charge on any atom is 0.334 e. The minimum Gasteiger partial charge on any atom is -0.463 e. The fourth-order valence-electron chi connectivity index (χ4n) is 3.44. The van der Waals surface area contributed by atoms with E-state index in [1.54, 1.807) is 10.8 Å². The van der Waals surface area contributed by atoms with Crippen LogP contribution < -0.4 is 21.5 Å².